The summed E-state index contributed by atoms with van der Waals surface area (Å²) in [4.78, 5) is 25.7. The summed E-state index contributed by atoms with van der Waals surface area (Å²) in [5.41, 5.74) is 4.95. The van der Waals surface area contributed by atoms with E-state index in [4.69, 9.17) is 5.11 Å². The summed E-state index contributed by atoms with van der Waals surface area (Å²) in [7, 11) is 0. The molecule has 142 valence electrons. The number of aliphatic hydroxyl groups is 1. The van der Waals surface area contributed by atoms with Crippen LogP contribution in [0.15, 0.2) is 54.7 Å². The number of amides is 1. The maximum absolute atomic E-state index is 12.8. The van der Waals surface area contributed by atoms with Crippen LogP contribution in [0, 0.1) is 0 Å². The van der Waals surface area contributed by atoms with Gasteiger partial charge in [0.2, 0.25) is 0 Å². The first-order valence-electron chi connectivity index (χ1n) is 9.30. The first-order valence-corrected chi connectivity index (χ1v) is 9.30. The second kappa shape index (κ2) is 7.78. The van der Waals surface area contributed by atoms with Gasteiger partial charge < -0.3 is 10.0 Å². The number of aliphatic hydroxyl groups excluding tert-OH is 1. The van der Waals surface area contributed by atoms with Gasteiger partial charge in [-0.15, -0.1) is 0 Å². The van der Waals surface area contributed by atoms with Crippen LogP contribution >= 0.6 is 0 Å². The molecule has 0 aliphatic carbocycles. The zero-order valence-electron chi connectivity index (χ0n) is 15.4. The first-order chi connectivity index (χ1) is 13.7. The lowest BCUT2D eigenvalue weighted by Gasteiger charge is -2.28. The topological polar surface area (TPSA) is 75.4 Å². The normalized spacial score (nSPS) is 13.5. The van der Waals surface area contributed by atoms with E-state index < -0.39 is 0 Å². The highest BCUT2D eigenvalue weighted by atomic mass is 16.3. The number of hydrogen-bond donors (Lipinski definition) is 1. The Hall–Kier alpha value is -3.25. The third-order valence-electron chi connectivity index (χ3n) is 5.03. The Kier molecular flexibility index (Phi) is 5.04. The Balaban J connectivity index is 1.51. The molecule has 1 aromatic heterocycles. The first kappa shape index (κ1) is 18.1. The smallest absolute Gasteiger partial charge is 0.277 e. The van der Waals surface area contributed by atoms with Gasteiger partial charge in [0.05, 0.1) is 18.3 Å². The van der Waals surface area contributed by atoms with Crippen molar-refractivity contribution in [2.75, 3.05) is 18.1 Å². The molecule has 6 heteroatoms. The second-order valence-electron chi connectivity index (χ2n) is 6.88. The summed E-state index contributed by atoms with van der Waals surface area (Å²) in [5.74, 6) is -0.199. The molecule has 0 fully saturated rings. The molecule has 1 N–H and O–H groups in total. The van der Waals surface area contributed by atoms with Gasteiger partial charge in [0, 0.05) is 18.8 Å². The van der Waals surface area contributed by atoms with Crippen molar-refractivity contribution < 1.29 is 14.7 Å². The van der Waals surface area contributed by atoms with Crippen molar-refractivity contribution in [3.05, 3.63) is 82.7 Å². The van der Waals surface area contributed by atoms with E-state index in [9.17, 15) is 9.59 Å². The molecule has 0 unspecified atom stereocenters. The fourth-order valence-corrected chi connectivity index (χ4v) is 3.61. The molecular formula is C22H21N3O3. The van der Waals surface area contributed by atoms with Crippen molar-refractivity contribution >= 4 is 17.9 Å². The fraction of sp³-hybridized carbons (Fsp3) is 0.227. The molecule has 1 aliphatic heterocycles. The van der Waals surface area contributed by atoms with Crippen molar-refractivity contribution in [3.8, 4) is 0 Å². The SMILES string of the molecule is O=Cc1cnn2c1C(=O)N(c1ccc(Cc3cccc(CCO)c3)cc1)CC2. The average Bonchev–Trinajstić information content (AvgIpc) is 3.14. The van der Waals surface area contributed by atoms with Crippen LogP contribution in [0.4, 0.5) is 5.69 Å². The Labute approximate surface area is 163 Å². The van der Waals surface area contributed by atoms with E-state index >= 15 is 0 Å². The Morgan fingerprint density at radius 3 is 2.57 bits per heavy atom. The molecule has 3 aromatic rings. The molecule has 0 saturated carbocycles. The number of rotatable bonds is 6. The fourth-order valence-electron chi connectivity index (χ4n) is 3.61. The number of fused-ring (bicyclic) bond motifs is 1. The Morgan fingerprint density at radius 2 is 1.82 bits per heavy atom. The number of aromatic nitrogens is 2. The van der Waals surface area contributed by atoms with E-state index in [0.717, 1.165) is 23.2 Å². The zero-order chi connectivity index (χ0) is 19.5. The lowest BCUT2D eigenvalue weighted by molar-refractivity contribution is 0.0956. The molecule has 6 nitrogen and oxygen atoms in total. The van der Waals surface area contributed by atoms with Crippen LogP contribution < -0.4 is 4.90 Å². The van der Waals surface area contributed by atoms with Crippen molar-refractivity contribution in [1.82, 2.24) is 9.78 Å². The lowest BCUT2D eigenvalue weighted by Crippen LogP contribution is -2.41. The van der Waals surface area contributed by atoms with Crippen LogP contribution in [0.2, 0.25) is 0 Å². The minimum absolute atomic E-state index is 0.146. The monoisotopic (exact) mass is 375 g/mol. The van der Waals surface area contributed by atoms with Crippen LogP contribution in [0.3, 0.4) is 0 Å². The van der Waals surface area contributed by atoms with Crippen molar-refractivity contribution in [2.45, 2.75) is 19.4 Å². The molecule has 0 radical (unpaired) electrons. The van der Waals surface area contributed by atoms with Crippen molar-refractivity contribution in [3.63, 3.8) is 0 Å². The molecule has 0 spiro atoms. The van der Waals surface area contributed by atoms with Gasteiger partial charge in [-0.05, 0) is 41.7 Å². The number of carbonyl (C=O) groups excluding carboxylic acids is 2. The van der Waals surface area contributed by atoms with Crippen LogP contribution in [0.25, 0.3) is 0 Å². The molecule has 0 bridgehead atoms. The zero-order valence-corrected chi connectivity index (χ0v) is 15.4. The van der Waals surface area contributed by atoms with E-state index in [1.165, 1.54) is 11.8 Å². The van der Waals surface area contributed by atoms with E-state index in [1.807, 2.05) is 36.4 Å². The molecule has 28 heavy (non-hydrogen) atoms. The quantitative estimate of drug-likeness (QED) is 0.672. The van der Waals surface area contributed by atoms with Crippen molar-refractivity contribution in [2.24, 2.45) is 0 Å². The predicted octanol–water partition coefficient (Wildman–Crippen LogP) is 2.48. The van der Waals surface area contributed by atoms with Crippen LogP contribution in [0.1, 0.15) is 37.5 Å². The number of aldehydes is 1. The standard InChI is InChI=1S/C22H21N3O3/c26-11-8-16-2-1-3-18(12-16)13-17-4-6-20(7-5-17)24-9-10-25-21(22(24)28)19(15-27)14-23-25/h1-7,12,14-15,26H,8-11,13H2. The molecule has 0 saturated heterocycles. The molecule has 2 heterocycles. The van der Waals surface area contributed by atoms with Crippen molar-refractivity contribution in [1.29, 1.82) is 0 Å². The number of benzene rings is 2. The summed E-state index contributed by atoms with van der Waals surface area (Å²) >= 11 is 0. The van der Waals surface area contributed by atoms with Gasteiger partial charge in [0.15, 0.2) is 6.29 Å². The summed E-state index contributed by atoms with van der Waals surface area (Å²) < 4.78 is 1.59. The van der Waals surface area contributed by atoms with Gasteiger partial charge in [0.25, 0.3) is 5.91 Å². The minimum atomic E-state index is -0.199. The predicted molar refractivity (Wildman–Crippen MR) is 106 cm³/mol. The van der Waals surface area contributed by atoms with E-state index in [-0.39, 0.29) is 12.5 Å². The van der Waals surface area contributed by atoms with Crippen LogP contribution in [-0.2, 0) is 19.4 Å². The summed E-state index contributed by atoms with van der Waals surface area (Å²) in [6.45, 7) is 1.23. The average molecular weight is 375 g/mol. The molecule has 2 aromatic carbocycles. The van der Waals surface area contributed by atoms with Gasteiger partial charge in [-0.1, -0.05) is 36.4 Å². The molecule has 1 aliphatic rings. The number of anilines is 1. The van der Waals surface area contributed by atoms with Gasteiger partial charge >= 0.3 is 0 Å². The van der Waals surface area contributed by atoms with Gasteiger partial charge in [-0.25, -0.2) is 0 Å². The molecular weight excluding hydrogens is 354 g/mol. The number of hydrogen-bond acceptors (Lipinski definition) is 4. The number of nitrogens with zero attached hydrogens (tertiary/aromatic N) is 3. The van der Waals surface area contributed by atoms with Crippen LogP contribution in [-0.4, -0.2) is 40.2 Å². The van der Waals surface area contributed by atoms with E-state index in [1.54, 1.807) is 9.58 Å². The summed E-state index contributed by atoms with van der Waals surface area (Å²) in [5, 5.41) is 13.2. The largest absolute Gasteiger partial charge is 0.396 e. The van der Waals surface area contributed by atoms with E-state index in [2.05, 4.69) is 17.2 Å². The van der Waals surface area contributed by atoms with Gasteiger partial charge in [-0.3, -0.25) is 14.3 Å². The third-order valence-corrected chi connectivity index (χ3v) is 5.03. The molecule has 1 amide bonds. The molecule has 4 rings (SSSR count). The summed E-state index contributed by atoms with van der Waals surface area (Å²) in [6, 6.07) is 16.1. The minimum Gasteiger partial charge on any atom is -0.396 e. The Morgan fingerprint density at radius 1 is 1.04 bits per heavy atom. The Bertz CT molecular complexity index is 1010. The van der Waals surface area contributed by atoms with Gasteiger partial charge in [0.1, 0.15) is 5.69 Å². The summed E-state index contributed by atoms with van der Waals surface area (Å²) in [6.07, 6.45) is 3.56. The highest BCUT2D eigenvalue weighted by Gasteiger charge is 2.29. The van der Waals surface area contributed by atoms with Crippen LogP contribution in [0.5, 0.6) is 0 Å². The second-order valence-corrected chi connectivity index (χ2v) is 6.88. The lowest BCUT2D eigenvalue weighted by atomic mass is 10.0. The highest BCUT2D eigenvalue weighted by molar-refractivity contribution is 6.09. The number of carbonyl (C=O) groups is 2. The highest BCUT2D eigenvalue weighted by Crippen LogP contribution is 2.23. The third kappa shape index (κ3) is 3.46. The van der Waals surface area contributed by atoms with E-state index in [0.29, 0.717) is 37.1 Å². The molecule has 0 atom stereocenters. The maximum atomic E-state index is 12.8. The van der Waals surface area contributed by atoms with Gasteiger partial charge in [-0.2, -0.15) is 5.10 Å². The maximum Gasteiger partial charge on any atom is 0.277 e.